The number of ether oxygens (including phenoxy) is 2. The van der Waals surface area contributed by atoms with Gasteiger partial charge in [0, 0.05) is 45.9 Å². The molecule has 0 aromatic rings. The minimum absolute atomic E-state index is 0.222. The van der Waals surface area contributed by atoms with Gasteiger partial charge in [-0.05, 0) is 94.9 Å². The lowest BCUT2D eigenvalue weighted by atomic mass is 9.78. The molecule has 0 aromatic heterocycles. The molecule has 1 unspecified atom stereocenters. The average molecular weight is 495 g/mol. The molecular weight excluding hydrogens is 444 g/mol. The lowest BCUT2D eigenvalue weighted by Gasteiger charge is -2.40. The van der Waals surface area contributed by atoms with E-state index in [2.05, 4.69) is 20.9 Å². The second-order valence-corrected chi connectivity index (χ2v) is 11.5. The third kappa shape index (κ3) is 8.93. The first-order valence-corrected chi connectivity index (χ1v) is 14.4. The number of hydrogen-bond donors (Lipinski definition) is 4. The first kappa shape index (κ1) is 27.3. The van der Waals surface area contributed by atoms with Crippen LogP contribution >= 0.6 is 0 Å². The Morgan fingerprint density at radius 1 is 1.00 bits per heavy atom. The number of nitrogens with zero attached hydrogens (tertiary/aromatic N) is 1. The van der Waals surface area contributed by atoms with Crippen LogP contribution in [0, 0.1) is 17.8 Å². The van der Waals surface area contributed by atoms with Crippen molar-refractivity contribution in [3.05, 3.63) is 0 Å². The minimum atomic E-state index is -0.705. The molecule has 2 heterocycles. The van der Waals surface area contributed by atoms with Crippen molar-refractivity contribution in [2.45, 2.75) is 102 Å². The minimum Gasteiger partial charge on any atom is -0.481 e. The van der Waals surface area contributed by atoms with Gasteiger partial charge in [0.05, 0.1) is 18.6 Å². The Kier molecular flexibility index (Phi) is 11.1. The van der Waals surface area contributed by atoms with Gasteiger partial charge >= 0.3 is 5.97 Å². The Morgan fingerprint density at radius 3 is 2.37 bits per heavy atom. The molecule has 4 rings (SSSR count). The Morgan fingerprint density at radius 2 is 1.74 bits per heavy atom. The molecule has 0 spiro atoms. The van der Waals surface area contributed by atoms with E-state index < -0.39 is 5.97 Å². The van der Waals surface area contributed by atoms with E-state index in [1.165, 1.54) is 57.8 Å². The highest BCUT2D eigenvalue weighted by Gasteiger charge is 2.32. The van der Waals surface area contributed by atoms with Crippen LogP contribution in [0.4, 0.5) is 0 Å². The summed E-state index contributed by atoms with van der Waals surface area (Å²) in [6.07, 6.45) is 14.7. The Balaban J connectivity index is 1.10. The molecule has 8 nitrogen and oxygen atoms in total. The first-order valence-electron chi connectivity index (χ1n) is 14.4. The van der Waals surface area contributed by atoms with E-state index in [1.807, 2.05) is 7.11 Å². The predicted molar refractivity (Wildman–Crippen MR) is 137 cm³/mol. The largest absolute Gasteiger partial charge is 0.481 e. The Labute approximate surface area is 212 Å². The van der Waals surface area contributed by atoms with Crippen LogP contribution in [0.25, 0.3) is 0 Å². The van der Waals surface area contributed by atoms with Gasteiger partial charge in [0.1, 0.15) is 6.29 Å². The fraction of sp³-hybridized carbons (Fsp3) is 0.963. The summed E-state index contributed by atoms with van der Waals surface area (Å²) in [5, 5.41) is 20.4. The fourth-order valence-corrected chi connectivity index (χ4v) is 6.77. The van der Waals surface area contributed by atoms with E-state index >= 15 is 0 Å². The van der Waals surface area contributed by atoms with Crippen LogP contribution in [0.1, 0.15) is 77.0 Å². The quantitative estimate of drug-likeness (QED) is 0.329. The van der Waals surface area contributed by atoms with Crippen molar-refractivity contribution in [2.75, 3.05) is 46.4 Å². The van der Waals surface area contributed by atoms with E-state index in [0.717, 1.165) is 63.4 Å². The number of rotatable bonds is 12. The van der Waals surface area contributed by atoms with E-state index in [0.29, 0.717) is 24.8 Å². The number of aliphatic carboxylic acids is 1. The molecule has 0 aromatic carbocycles. The molecule has 1 atom stereocenters. The molecule has 2 aliphatic heterocycles. The van der Waals surface area contributed by atoms with E-state index in [9.17, 15) is 4.79 Å². The molecule has 0 bridgehead atoms. The molecule has 202 valence electrons. The Hall–Kier alpha value is -0.770. The van der Waals surface area contributed by atoms with Crippen LogP contribution in [-0.4, -0.2) is 87.0 Å². The molecule has 2 saturated heterocycles. The smallest absolute Gasteiger partial charge is 0.304 e. The fourth-order valence-electron chi connectivity index (χ4n) is 6.77. The zero-order valence-electron chi connectivity index (χ0n) is 21.9. The molecule has 4 aliphatic rings. The third-order valence-electron chi connectivity index (χ3n) is 9.12. The van der Waals surface area contributed by atoms with Crippen molar-refractivity contribution >= 4 is 5.97 Å². The SMILES string of the molecule is COC1CCC(C2CNC(NC3CCC(CCN(CCC(=O)O)CC4CCCO4)CC3)NC2)CC1. The highest BCUT2D eigenvalue weighted by molar-refractivity contribution is 5.66. The van der Waals surface area contributed by atoms with Gasteiger partial charge in [-0.25, -0.2) is 0 Å². The highest BCUT2D eigenvalue weighted by Crippen LogP contribution is 2.32. The van der Waals surface area contributed by atoms with E-state index in [1.54, 1.807) is 0 Å². The molecule has 2 saturated carbocycles. The Bertz CT molecular complexity index is 608. The summed E-state index contributed by atoms with van der Waals surface area (Å²) in [4.78, 5) is 13.4. The maximum Gasteiger partial charge on any atom is 0.304 e. The van der Waals surface area contributed by atoms with Crippen LogP contribution in [-0.2, 0) is 14.3 Å². The lowest BCUT2D eigenvalue weighted by molar-refractivity contribution is -0.137. The van der Waals surface area contributed by atoms with Crippen LogP contribution < -0.4 is 16.0 Å². The van der Waals surface area contributed by atoms with Crippen molar-refractivity contribution in [1.29, 1.82) is 0 Å². The lowest BCUT2D eigenvalue weighted by Crippen LogP contribution is -2.63. The van der Waals surface area contributed by atoms with Crippen molar-refractivity contribution in [1.82, 2.24) is 20.9 Å². The van der Waals surface area contributed by atoms with E-state index in [4.69, 9.17) is 14.6 Å². The summed E-state index contributed by atoms with van der Waals surface area (Å²) < 4.78 is 11.3. The number of hydrogen-bond acceptors (Lipinski definition) is 7. The maximum atomic E-state index is 11.1. The van der Waals surface area contributed by atoms with Gasteiger partial charge in [0.2, 0.25) is 0 Å². The summed E-state index contributed by atoms with van der Waals surface area (Å²) in [7, 11) is 1.85. The normalized spacial score (nSPS) is 36.5. The van der Waals surface area contributed by atoms with Gasteiger partial charge in [0.25, 0.3) is 0 Å². The number of nitrogens with one attached hydrogen (secondary N) is 3. The van der Waals surface area contributed by atoms with Crippen molar-refractivity contribution in [3.63, 3.8) is 0 Å². The number of carboxylic acids is 1. The summed E-state index contributed by atoms with van der Waals surface area (Å²) >= 11 is 0. The average Bonchev–Trinajstić information content (AvgIpc) is 3.40. The predicted octanol–water partition coefficient (Wildman–Crippen LogP) is 2.78. The summed E-state index contributed by atoms with van der Waals surface area (Å²) in [6.45, 7) is 5.60. The molecule has 8 heteroatoms. The van der Waals surface area contributed by atoms with Crippen LogP contribution in [0.2, 0.25) is 0 Å². The van der Waals surface area contributed by atoms with Crippen LogP contribution in [0.5, 0.6) is 0 Å². The summed E-state index contributed by atoms with van der Waals surface area (Å²) in [5.41, 5.74) is 0. The number of methoxy groups -OCH3 is 1. The topological polar surface area (TPSA) is 95.1 Å². The molecule has 0 radical (unpaired) electrons. The molecule has 35 heavy (non-hydrogen) atoms. The van der Waals surface area contributed by atoms with E-state index in [-0.39, 0.29) is 12.7 Å². The highest BCUT2D eigenvalue weighted by atomic mass is 16.5. The number of carboxylic acid groups (broad SMARTS) is 1. The summed E-state index contributed by atoms with van der Waals surface area (Å²) in [6, 6.07) is 0.583. The van der Waals surface area contributed by atoms with Gasteiger partial charge < -0.3 is 19.5 Å². The van der Waals surface area contributed by atoms with Crippen LogP contribution in [0.3, 0.4) is 0 Å². The van der Waals surface area contributed by atoms with Crippen molar-refractivity contribution in [2.24, 2.45) is 17.8 Å². The van der Waals surface area contributed by atoms with Crippen molar-refractivity contribution < 1.29 is 19.4 Å². The monoisotopic (exact) mass is 494 g/mol. The zero-order valence-corrected chi connectivity index (χ0v) is 21.9. The molecule has 2 aliphatic carbocycles. The van der Waals surface area contributed by atoms with Gasteiger partial charge in [0.15, 0.2) is 0 Å². The molecular formula is C27H50N4O4. The summed E-state index contributed by atoms with van der Waals surface area (Å²) in [5.74, 6) is 1.61. The van der Waals surface area contributed by atoms with Gasteiger partial charge in [-0.3, -0.25) is 20.7 Å². The first-order chi connectivity index (χ1) is 17.1. The van der Waals surface area contributed by atoms with Gasteiger partial charge in [-0.1, -0.05) is 0 Å². The maximum absolute atomic E-state index is 11.1. The second-order valence-electron chi connectivity index (χ2n) is 11.5. The molecule has 4 fully saturated rings. The second kappa shape index (κ2) is 14.2. The van der Waals surface area contributed by atoms with Crippen molar-refractivity contribution in [3.8, 4) is 0 Å². The molecule has 4 N–H and O–H groups in total. The standard InChI is InChI=1S/C27H50N4O4/c1-34-24-10-6-21(7-11-24)22-17-28-27(29-18-22)30-23-8-4-20(5-9-23)12-14-31(15-13-26(32)33)19-25-3-2-16-35-25/h20-25,27-30H,2-19H2,1H3,(H,32,33). The van der Waals surface area contributed by atoms with Gasteiger partial charge in [-0.15, -0.1) is 0 Å². The van der Waals surface area contributed by atoms with Crippen LogP contribution in [0.15, 0.2) is 0 Å². The third-order valence-corrected chi connectivity index (χ3v) is 9.12. The van der Waals surface area contributed by atoms with Gasteiger partial charge in [-0.2, -0.15) is 0 Å². The number of carbonyl (C=O) groups is 1. The zero-order chi connectivity index (χ0) is 24.5. The molecule has 0 amide bonds.